The topological polar surface area (TPSA) is 92.3 Å². The SMILES string of the molecule is CC(C)(C)OC(=O)NNC(=O)c1ccc(N2CCC(OCC3=C(C4CC4)CN=C3c3c(Cl)cccc3Cl)CC2)cc1F. The summed E-state index contributed by atoms with van der Waals surface area (Å²) in [7, 11) is 0. The van der Waals surface area contributed by atoms with Gasteiger partial charge < -0.3 is 14.4 Å². The number of carbonyl (C=O) groups is 2. The molecule has 0 bridgehead atoms. The Labute approximate surface area is 255 Å². The van der Waals surface area contributed by atoms with Gasteiger partial charge in [-0.15, -0.1) is 0 Å². The van der Waals surface area contributed by atoms with Crippen molar-refractivity contribution in [2.24, 2.45) is 10.9 Å². The number of rotatable bonds is 7. The molecule has 0 unspecified atom stereocenters. The minimum Gasteiger partial charge on any atom is -0.443 e. The van der Waals surface area contributed by atoms with Gasteiger partial charge in [0.05, 0.1) is 40.6 Å². The van der Waals surface area contributed by atoms with Gasteiger partial charge in [0.15, 0.2) is 0 Å². The molecule has 2 aromatic rings. The van der Waals surface area contributed by atoms with Gasteiger partial charge in [0, 0.05) is 29.9 Å². The zero-order valence-electron chi connectivity index (χ0n) is 23.9. The Morgan fingerprint density at radius 1 is 1.05 bits per heavy atom. The van der Waals surface area contributed by atoms with Crippen molar-refractivity contribution < 1.29 is 23.5 Å². The number of hydrogen-bond acceptors (Lipinski definition) is 6. The predicted molar refractivity (Wildman–Crippen MR) is 162 cm³/mol. The summed E-state index contributed by atoms with van der Waals surface area (Å²) in [5, 5.41) is 1.17. The summed E-state index contributed by atoms with van der Waals surface area (Å²) in [6.45, 7) is 7.57. The number of piperidine rings is 1. The highest BCUT2D eigenvalue weighted by molar-refractivity contribution is 6.41. The van der Waals surface area contributed by atoms with Gasteiger partial charge in [-0.25, -0.2) is 14.6 Å². The standard InChI is InChI=1S/C31H35Cl2FN4O4/c1-31(2,3)42-30(40)37-36-29(39)21-10-9-19(15-26(21)34)38-13-11-20(12-14-38)41-17-23-22(18-7-8-18)16-35-28(23)27-24(32)5-4-6-25(27)33/h4-6,9-10,15,18,20H,7-8,11-14,16-17H2,1-3H3,(H,36,39)(H,37,40). The molecule has 2 aliphatic heterocycles. The molecule has 0 spiro atoms. The molecule has 11 heteroatoms. The Bertz CT molecular complexity index is 1410. The molecule has 8 nitrogen and oxygen atoms in total. The quantitative estimate of drug-likeness (QED) is 0.347. The third-order valence-corrected chi connectivity index (χ3v) is 8.13. The summed E-state index contributed by atoms with van der Waals surface area (Å²) in [4.78, 5) is 31.1. The van der Waals surface area contributed by atoms with E-state index in [1.807, 2.05) is 18.2 Å². The maximum absolute atomic E-state index is 14.9. The summed E-state index contributed by atoms with van der Waals surface area (Å²) >= 11 is 13.0. The van der Waals surface area contributed by atoms with Crippen molar-refractivity contribution in [3.63, 3.8) is 0 Å². The molecule has 3 aliphatic rings. The Morgan fingerprint density at radius 2 is 1.74 bits per heavy atom. The molecular formula is C31H35Cl2FN4O4. The fraction of sp³-hybridized carbons (Fsp3) is 0.452. The summed E-state index contributed by atoms with van der Waals surface area (Å²) in [6, 6.07) is 9.94. The molecule has 1 aliphatic carbocycles. The molecule has 2 heterocycles. The van der Waals surface area contributed by atoms with Crippen molar-refractivity contribution in [3.05, 3.63) is 74.5 Å². The van der Waals surface area contributed by atoms with Crippen molar-refractivity contribution in [1.82, 2.24) is 10.9 Å². The second kappa shape index (κ2) is 12.6. The van der Waals surface area contributed by atoms with Crippen LogP contribution in [0.3, 0.4) is 0 Å². The van der Waals surface area contributed by atoms with E-state index in [9.17, 15) is 14.0 Å². The largest absolute Gasteiger partial charge is 0.443 e. The lowest BCUT2D eigenvalue weighted by Crippen LogP contribution is -2.44. The molecule has 2 amide bonds. The van der Waals surface area contributed by atoms with Crippen LogP contribution in [-0.2, 0) is 9.47 Å². The van der Waals surface area contributed by atoms with E-state index in [0.29, 0.717) is 47.9 Å². The van der Waals surface area contributed by atoms with Crippen LogP contribution in [-0.4, -0.2) is 55.7 Å². The average Bonchev–Trinajstić information content (AvgIpc) is 3.70. The number of carbonyl (C=O) groups excluding carboxylic acids is 2. The first-order valence-electron chi connectivity index (χ1n) is 14.2. The lowest BCUT2D eigenvalue weighted by Gasteiger charge is -2.34. The second-order valence-electron chi connectivity index (χ2n) is 11.8. The normalized spacial score (nSPS) is 17.8. The lowest BCUT2D eigenvalue weighted by atomic mass is 9.98. The monoisotopic (exact) mass is 616 g/mol. The summed E-state index contributed by atoms with van der Waals surface area (Å²) in [5.74, 6) is -0.897. The van der Waals surface area contributed by atoms with Crippen LogP contribution in [0.1, 0.15) is 62.4 Å². The third-order valence-electron chi connectivity index (χ3n) is 7.50. The van der Waals surface area contributed by atoms with Crippen LogP contribution in [0, 0.1) is 11.7 Å². The van der Waals surface area contributed by atoms with Gasteiger partial charge in [-0.1, -0.05) is 29.3 Å². The molecule has 224 valence electrons. The van der Waals surface area contributed by atoms with Crippen molar-refractivity contribution in [1.29, 1.82) is 0 Å². The first-order valence-corrected chi connectivity index (χ1v) is 14.9. The van der Waals surface area contributed by atoms with Gasteiger partial charge in [0.2, 0.25) is 0 Å². The van der Waals surface area contributed by atoms with Crippen molar-refractivity contribution >= 4 is 46.6 Å². The molecule has 1 saturated carbocycles. The van der Waals surface area contributed by atoms with E-state index >= 15 is 0 Å². The fourth-order valence-electron chi connectivity index (χ4n) is 5.27. The summed E-state index contributed by atoms with van der Waals surface area (Å²) < 4.78 is 26.4. The number of ether oxygens (including phenoxy) is 2. The Hall–Kier alpha value is -3.14. The highest BCUT2D eigenvalue weighted by Gasteiger charge is 2.34. The number of benzene rings is 2. The fourth-order valence-corrected chi connectivity index (χ4v) is 5.85. The number of nitrogens with zero attached hydrogens (tertiary/aromatic N) is 2. The van der Waals surface area contributed by atoms with Crippen molar-refractivity contribution in [2.75, 3.05) is 31.1 Å². The molecular weight excluding hydrogens is 582 g/mol. The number of halogens is 3. The maximum Gasteiger partial charge on any atom is 0.426 e. The highest BCUT2D eigenvalue weighted by Crippen LogP contribution is 2.42. The number of hydrogen-bond donors (Lipinski definition) is 2. The van der Waals surface area contributed by atoms with E-state index in [1.54, 1.807) is 26.8 Å². The number of hydrazine groups is 1. The van der Waals surface area contributed by atoms with Crippen molar-refractivity contribution in [3.8, 4) is 0 Å². The van der Waals surface area contributed by atoms with Gasteiger partial charge in [-0.05, 0) is 88.3 Å². The van der Waals surface area contributed by atoms with E-state index in [-0.39, 0.29) is 11.7 Å². The number of aliphatic imine (C=N–C) groups is 1. The first kappa shape index (κ1) is 30.3. The van der Waals surface area contributed by atoms with Crippen LogP contribution in [0.2, 0.25) is 10.0 Å². The van der Waals surface area contributed by atoms with E-state index in [0.717, 1.165) is 29.7 Å². The van der Waals surface area contributed by atoms with E-state index in [4.69, 9.17) is 37.7 Å². The van der Waals surface area contributed by atoms with Crippen LogP contribution in [0.4, 0.5) is 14.9 Å². The lowest BCUT2D eigenvalue weighted by molar-refractivity contribution is 0.0482. The molecule has 2 fully saturated rings. The number of amides is 2. The summed E-state index contributed by atoms with van der Waals surface area (Å²) in [6.07, 6.45) is 3.11. The van der Waals surface area contributed by atoms with Crippen LogP contribution < -0.4 is 15.8 Å². The van der Waals surface area contributed by atoms with Crippen molar-refractivity contribution in [2.45, 2.75) is 58.2 Å². The van der Waals surface area contributed by atoms with E-state index in [1.165, 1.54) is 30.5 Å². The van der Waals surface area contributed by atoms with Gasteiger partial charge in [0.1, 0.15) is 11.4 Å². The Balaban J connectivity index is 1.15. The smallest absolute Gasteiger partial charge is 0.426 e. The van der Waals surface area contributed by atoms with Gasteiger partial charge in [0.25, 0.3) is 5.91 Å². The Morgan fingerprint density at radius 3 is 2.36 bits per heavy atom. The van der Waals surface area contributed by atoms with E-state index < -0.39 is 23.4 Å². The van der Waals surface area contributed by atoms with Crippen LogP contribution in [0.25, 0.3) is 0 Å². The first-order chi connectivity index (χ1) is 20.0. The predicted octanol–water partition coefficient (Wildman–Crippen LogP) is 6.50. The molecule has 42 heavy (non-hydrogen) atoms. The molecule has 0 radical (unpaired) electrons. The third kappa shape index (κ3) is 7.25. The van der Waals surface area contributed by atoms with Crippen LogP contribution in [0.5, 0.6) is 0 Å². The zero-order chi connectivity index (χ0) is 30.0. The van der Waals surface area contributed by atoms with E-state index in [2.05, 4.69) is 15.8 Å². The minimum absolute atomic E-state index is 0.0478. The average molecular weight is 618 g/mol. The van der Waals surface area contributed by atoms with Gasteiger partial charge in [-0.2, -0.15) is 0 Å². The molecule has 1 saturated heterocycles. The van der Waals surface area contributed by atoms with Crippen LogP contribution >= 0.6 is 23.2 Å². The Kier molecular flexibility index (Phi) is 9.11. The molecule has 0 aromatic heterocycles. The zero-order valence-corrected chi connectivity index (χ0v) is 25.4. The van der Waals surface area contributed by atoms with Gasteiger partial charge >= 0.3 is 6.09 Å². The second-order valence-corrected chi connectivity index (χ2v) is 12.6. The van der Waals surface area contributed by atoms with Crippen LogP contribution in [0.15, 0.2) is 52.5 Å². The molecule has 5 rings (SSSR count). The molecule has 2 N–H and O–H groups in total. The number of nitrogens with one attached hydrogen (secondary N) is 2. The highest BCUT2D eigenvalue weighted by atomic mass is 35.5. The molecule has 0 atom stereocenters. The van der Waals surface area contributed by atoms with Gasteiger partial charge in [-0.3, -0.25) is 15.2 Å². The molecule has 2 aromatic carbocycles. The maximum atomic E-state index is 14.9. The summed E-state index contributed by atoms with van der Waals surface area (Å²) in [5.41, 5.74) is 8.13. The minimum atomic E-state index is -0.831. The number of anilines is 1.